The number of nitrogens with two attached hydrogens (primary N) is 1. The van der Waals surface area contributed by atoms with Gasteiger partial charge in [0.15, 0.2) is 0 Å². The highest BCUT2D eigenvalue weighted by molar-refractivity contribution is 5.81. The van der Waals surface area contributed by atoms with Crippen molar-refractivity contribution in [3.8, 4) is 0 Å². The van der Waals surface area contributed by atoms with Crippen LogP contribution < -0.4 is 11.3 Å². The molecule has 2 rings (SSSR count). The topological polar surface area (TPSA) is 48.0 Å². The van der Waals surface area contributed by atoms with E-state index in [4.69, 9.17) is 5.73 Å². The van der Waals surface area contributed by atoms with Crippen molar-refractivity contribution in [1.82, 2.24) is 4.57 Å². The van der Waals surface area contributed by atoms with Gasteiger partial charge in [0.05, 0.1) is 0 Å². The summed E-state index contributed by atoms with van der Waals surface area (Å²) in [5.41, 5.74) is 6.75. The number of rotatable bonds is 2. The monoisotopic (exact) mass is 230 g/mol. The summed E-state index contributed by atoms with van der Waals surface area (Å²) in [5, 5.41) is 1.74. The zero-order valence-electron chi connectivity index (χ0n) is 10.5. The predicted octanol–water partition coefficient (Wildman–Crippen LogP) is 2.05. The van der Waals surface area contributed by atoms with Crippen molar-refractivity contribution in [1.29, 1.82) is 0 Å². The molecule has 3 nitrogen and oxygen atoms in total. The third kappa shape index (κ3) is 2.56. The number of pyridine rings is 1. The molecule has 0 spiro atoms. The molecule has 2 N–H and O–H groups in total. The maximum absolute atomic E-state index is 12.2. The largest absolute Gasteiger partial charge is 0.324 e. The van der Waals surface area contributed by atoms with E-state index in [-0.39, 0.29) is 11.1 Å². The minimum absolute atomic E-state index is 0.0287. The molecule has 1 heterocycles. The molecule has 0 amide bonds. The van der Waals surface area contributed by atoms with Gasteiger partial charge in [0, 0.05) is 23.7 Å². The van der Waals surface area contributed by atoms with Crippen LogP contribution in [-0.4, -0.2) is 10.1 Å². The molecule has 0 aliphatic heterocycles. The average molecular weight is 230 g/mol. The molecule has 0 aliphatic rings. The third-order valence-corrected chi connectivity index (χ3v) is 2.71. The van der Waals surface area contributed by atoms with Crippen molar-refractivity contribution >= 4 is 10.8 Å². The molecule has 0 saturated heterocycles. The van der Waals surface area contributed by atoms with Crippen LogP contribution in [0, 0.1) is 6.92 Å². The maximum Gasteiger partial charge on any atom is 0.258 e. The lowest BCUT2D eigenvalue weighted by Crippen LogP contribution is -2.40. The van der Waals surface area contributed by atoms with Crippen LogP contribution in [0.3, 0.4) is 0 Å². The van der Waals surface area contributed by atoms with E-state index in [1.54, 1.807) is 4.57 Å². The van der Waals surface area contributed by atoms with E-state index in [9.17, 15) is 4.79 Å². The van der Waals surface area contributed by atoms with E-state index in [0.717, 1.165) is 16.3 Å². The number of aromatic nitrogens is 1. The number of aryl methyl sites for hydroxylation is 1. The van der Waals surface area contributed by atoms with Crippen LogP contribution in [0.1, 0.15) is 19.4 Å². The van der Waals surface area contributed by atoms with E-state index in [1.807, 2.05) is 51.2 Å². The zero-order valence-corrected chi connectivity index (χ0v) is 10.5. The fourth-order valence-electron chi connectivity index (χ4n) is 1.97. The van der Waals surface area contributed by atoms with Gasteiger partial charge in [-0.15, -0.1) is 0 Å². The van der Waals surface area contributed by atoms with Gasteiger partial charge in [0.2, 0.25) is 0 Å². The zero-order chi connectivity index (χ0) is 12.6. The standard InChI is InChI=1S/C14H18N2O/c1-10-4-5-12-11(8-10)6-7-16(13(12)17)9-14(2,3)15/h4-8H,9,15H2,1-3H3. The normalized spacial score (nSPS) is 12.0. The van der Waals surface area contributed by atoms with Crippen molar-refractivity contribution in [3.63, 3.8) is 0 Å². The Labute approximate surface area is 101 Å². The highest BCUT2D eigenvalue weighted by Gasteiger charge is 2.13. The molecule has 0 aliphatic carbocycles. The van der Waals surface area contributed by atoms with Crippen molar-refractivity contribution in [2.45, 2.75) is 32.9 Å². The van der Waals surface area contributed by atoms with Gasteiger partial charge in [-0.05, 0) is 38.3 Å². The Morgan fingerprint density at radius 1 is 1.29 bits per heavy atom. The predicted molar refractivity (Wildman–Crippen MR) is 71.2 cm³/mol. The van der Waals surface area contributed by atoms with Gasteiger partial charge in [-0.2, -0.15) is 0 Å². The molecule has 0 fully saturated rings. The summed E-state index contributed by atoms with van der Waals surface area (Å²) in [6, 6.07) is 7.83. The first kappa shape index (κ1) is 11.9. The number of hydrogen-bond acceptors (Lipinski definition) is 2. The van der Waals surface area contributed by atoms with Gasteiger partial charge in [-0.25, -0.2) is 0 Å². The second kappa shape index (κ2) is 4.00. The quantitative estimate of drug-likeness (QED) is 0.858. The van der Waals surface area contributed by atoms with E-state index in [2.05, 4.69) is 0 Å². The molecule has 1 aromatic carbocycles. The van der Waals surface area contributed by atoms with E-state index in [1.165, 1.54) is 0 Å². The van der Waals surface area contributed by atoms with Crippen molar-refractivity contribution in [2.75, 3.05) is 0 Å². The molecule has 3 heteroatoms. The SMILES string of the molecule is Cc1ccc2c(=O)n(CC(C)(C)N)ccc2c1. The van der Waals surface area contributed by atoms with Crippen LogP contribution in [0.2, 0.25) is 0 Å². The Morgan fingerprint density at radius 3 is 2.65 bits per heavy atom. The molecule has 0 saturated carbocycles. The molecule has 17 heavy (non-hydrogen) atoms. The lowest BCUT2D eigenvalue weighted by molar-refractivity contribution is 0.428. The van der Waals surface area contributed by atoms with Gasteiger partial charge in [-0.1, -0.05) is 17.7 Å². The number of benzene rings is 1. The van der Waals surface area contributed by atoms with Crippen molar-refractivity contribution < 1.29 is 0 Å². The number of fused-ring (bicyclic) bond motifs is 1. The van der Waals surface area contributed by atoms with Gasteiger partial charge >= 0.3 is 0 Å². The third-order valence-electron chi connectivity index (χ3n) is 2.71. The molecule has 0 radical (unpaired) electrons. The Bertz CT molecular complexity index is 606. The lowest BCUT2D eigenvalue weighted by atomic mass is 10.1. The van der Waals surface area contributed by atoms with Crippen molar-refractivity contribution in [2.24, 2.45) is 5.73 Å². The average Bonchev–Trinajstić information content (AvgIpc) is 2.20. The number of hydrogen-bond donors (Lipinski definition) is 1. The molecule has 1 aromatic heterocycles. The highest BCUT2D eigenvalue weighted by atomic mass is 16.1. The van der Waals surface area contributed by atoms with E-state index >= 15 is 0 Å². The molecule has 0 atom stereocenters. The van der Waals surface area contributed by atoms with E-state index in [0.29, 0.717) is 6.54 Å². The van der Waals surface area contributed by atoms with Crippen LogP contribution in [0.4, 0.5) is 0 Å². The Hall–Kier alpha value is -1.61. The van der Waals surface area contributed by atoms with Gasteiger partial charge in [0.25, 0.3) is 5.56 Å². The summed E-state index contributed by atoms with van der Waals surface area (Å²) in [4.78, 5) is 12.2. The van der Waals surface area contributed by atoms with Gasteiger partial charge in [-0.3, -0.25) is 4.79 Å². The van der Waals surface area contributed by atoms with Crippen LogP contribution in [0.15, 0.2) is 35.3 Å². The first-order valence-corrected chi connectivity index (χ1v) is 5.75. The second-order valence-electron chi connectivity index (χ2n) is 5.33. The fourth-order valence-corrected chi connectivity index (χ4v) is 1.97. The van der Waals surface area contributed by atoms with Gasteiger partial charge < -0.3 is 10.3 Å². The molecule has 2 aromatic rings. The molecule has 0 bridgehead atoms. The maximum atomic E-state index is 12.2. The molecular formula is C14H18N2O. The Balaban J connectivity index is 2.59. The smallest absolute Gasteiger partial charge is 0.258 e. The molecule has 90 valence electrons. The highest BCUT2D eigenvalue weighted by Crippen LogP contribution is 2.12. The first-order chi connectivity index (χ1) is 7.87. The summed E-state index contributed by atoms with van der Waals surface area (Å²) in [5.74, 6) is 0. The second-order valence-corrected chi connectivity index (χ2v) is 5.33. The molecular weight excluding hydrogens is 212 g/mol. The van der Waals surface area contributed by atoms with E-state index < -0.39 is 0 Å². The summed E-state index contributed by atoms with van der Waals surface area (Å²) in [6.45, 7) is 6.38. The fraction of sp³-hybridized carbons (Fsp3) is 0.357. The Kier molecular flexibility index (Phi) is 2.79. The number of nitrogens with zero attached hydrogens (tertiary/aromatic N) is 1. The first-order valence-electron chi connectivity index (χ1n) is 5.75. The lowest BCUT2D eigenvalue weighted by Gasteiger charge is -2.20. The van der Waals surface area contributed by atoms with Crippen LogP contribution in [0.25, 0.3) is 10.8 Å². The minimum Gasteiger partial charge on any atom is -0.324 e. The summed E-state index contributed by atoms with van der Waals surface area (Å²) in [6.07, 6.45) is 1.82. The van der Waals surface area contributed by atoms with Crippen molar-refractivity contribution in [3.05, 3.63) is 46.4 Å². The van der Waals surface area contributed by atoms with Crippen LogP contribution in [0.5, 0.6) is 0 Å². The van der Waals surface area contributed by atoms with Crippen LogP contribution in [-0.2, 0) is 6.54 Å². The summed E-state index contributed by atoms with van der Waals surface area (Å²) in [7, 11) is 0. The molecule has 0 unspecified atom stereocenters. The van der Waals surface area contributed by atoms with Gasteiger partial charge in [0.1, 0.15) is 0 Å². The Morgan fingerprint density at radius 2 is 2.00 bits per heavy atom. The minimum atomic E-state index is -0.387. The summed E-state index contributed by atoms with van der Waals surface area (Å²) >= 11 is 0. The van der Waals surface area contributed by atoms with Crippen LogP contribution >= 0.6 is 0 Å². The summed E-state index contributed by atoms with van der Waals surface area (Å²) < 4.78 is 1.68.